The second-order valence-electron chi connectivity index (χ2n) is 8.40. The van der Waals surface area contributed by atoms with Crippen molar-refractivity contribution >= 4 is 17.1 Å². The number of carbonyl (C=O) groups excluding carboxylic acids is 1. The molecule has 0 spiro atoms. The lowest BCUT2D eigenvalue weighted by Crippen LogP contribution is -2.39. The van der Waals surface area contributed by atoms with Gasteiger partial charge in [0.2, 0.25) is 5.91 Å². The highest BCUT2D eigenvalue weighted by molar-refractivity contribution is 5.76. The van der Waals surface area contributed by atoms with Gasteiger partial charge in [-0.15, -0.1) is 0 Å². The minimum Gasteiger partial charge on any atom is -0.396 e. The molecule has 1 amide bonds. The molecular weight excluding hydrogens is 376 g/mol. The number of rotatable bonds is 5. The summed E-state index contributed by atoms with van der Waals surface area (Å²) in [6.45, 7) is 6.05. The van der Waals surface area contributed by atoms with E-state index < -0.39 is 5.69 Å². The number of hydrogen-bond acceptors (Lipinski definition) is 6. The Bertz CT molecular complexity index is 1070. The largest absolute Gasteiger partial charge is 0.396 e. The molecule has 0 bridgehead atoms. The average molecular weight is 404 g/mol. The Morgan fingerprint density at radius 3 is 2.62 bits per heavy atom. The maximum Gasteiger partial charge on any atom is 0.332 e. The van der Waals surface area contributed by atoms with Gasteiger partial charge in [-0.2, -0.15) is 0 Å². The van der Waals surface area contributed by atoms with Crippen molar-refractivity contribution in [2.24, 2.45) is 25.4 Å². The van der Waals surface area contributed by atoms with Gasteiger partial charge in [0.1, 0.15) is 0 Å². The van der Waals surface area contributed by atoms with Crippen LogP contribution in [0.3, 0.4) is 0 Å². The molecule has 158 valence electrons. The van der Waals surface area contributed by atoms with Crippen molar-refractivity contribution in [1.82, 2.24) is 28.5 Å². The number of likely N-dealkylation sites (tertiary alicyclic amines) is 2. The Hall–Kier alpha value is -2.46. The number of carbonyl (C=O) groups is 1. The van der Waals surface area contributed by atoms with Crippen LogP contribution < -0.4 is 11.2 Å². The Morgan fingerprint density at radius 1 is 1.21 bits per heavy atom. The number of aryl methyl sites for hydroxylation is 1. The van der Waals surface area contributed by atoms with Gasteiger partial charge in [-0.25, -0.2) is 9.78 Å². The van der Waals surface area contributed by atoms with E-state index in [0.29, 0.717) is 43.8 Å². The number of nitrogens with zero attached hydrogens (tertiary/aromatic N) is 6. The number of hydrogen-bond donors (Lipinski definition) is 1. The Kier molecular flexibility index (Phi) is 4.86. The fourth-order valence-electron chi connectivity index (χ4n) is 4.91. The average Bonchev–Trinajstić information content (AvgIpc) is 3.38. The molecule has 29 heavy (non-hydrogen) atoms. The molecule has 2 aliphatic rings. The normalized spacial score (nSPS) is 24.6. The number of imidazole rings is 1. The highest BCUT2D eigenvalue weighted by Crippen LogP contribution is 2.42. The highest BCUT2D eigenvalue weighted by atomic mass is 16.3. The van der Waals surface area contributed by atoms with Crippen LogP contribution in [0.25, 0.3) is 11.2 Å². The van der Waals surface area contributed by atoms with E-state index in [9.17, 15) is 19.5 Å². The van der Waals surface area contributed by atoms with Crippen LogP contribution in [0.4, 0.5) is 0 Å². The molecule has 2 fully saturated rings. The first kappa shape index (κ1) is 19.8. The predicted molar refractivity (Wildman–Crippen MR) is 107 cm³/mol. The van der Waals surface area contributed by atoms with Gasteiger partial charge in [-0.3, -0.25) is 18.7 Å². The molecule has 4 heterocycles. The number of amides is 1. The van der Waals surface area contributed by atoms with E-state index >= 15 is 0 Å². The van der Waals surface area contributed by atoms with Crippen LogP contribution in [-0.4, -0.2) is 78.8 Å². The molecule has 0 radical (unpaired) electrons. The van der Waals surface area contributed by atoms with Gasteiger partial charge in [0, 0.05) is 65.2 Å². The first-order valence-corrected chi connectivity index (χ1v) is 10.0. The fraction of sp³-hybridized carbons (Fsp3) is 0.684. The topological polar surface area (TPSA) is 106 Å². The third-order valence-corrected chi connectivity index (χ3v) is 6.67. The first-order chi connectivity index (χ1) is 13.8. The summed E-state index contributed by atoms with van der Waals surface area (Å²) in [7, 11) is 3.08. The van der Waals surface area contributed by atoms with Gasteiger partial charge in [0.05, 0.1) is 12.9 Å². The van der Waals surface area contributed by atoms with Crippen molar-refractivity contribution < 1.29 is 9.90 Å². The van der Waals surface area contributed by atoms with Gasteiger partial charge in [0.15, 0.2) is 11.2 Å². The molecule has 2 aliphatic heterocycles. The van der Waals surface area contributed by atoms with Crippen molar-refractivity contribution in [3.05, 3.63) is 27.2 Å². The Labute approximate surface area is 168 Å². The lowest BCUT2D eigenvalue weighted by Gasteiger charge is -2.27. The molecular formula is C19H28N6O4. The molecule has 2 unspecified atom stereocenters. The van der Waals surface area contributed by atoms with Gasteiger partial charge >= 0.3 is 5.69 Å². The first-order valence-electron chi connectivity index (χ1n) is 10.0. The third-order valence-electron chi connectivity index (χ3n) is 6.67. The summed E-state index contributed by atoms with van der Waals surface area (Å²) < 4.78 is 4.28. The molecule has 2 atom stereocenters. The summed E-state index contributed by atoms with van der Waals surface area (Å²) >= 11 is 0. The molecule has 2 aromatic rings. The summed E-state index contributed by atoms with van der Waals surface area (Å²) in [5.41, 5.74) is -0.194. The summed E-state index contributed by atoms with van der Waals surface area (Å²) in [6, 6.07) is 0. The van der Waals surface area contributed by atoms with E-state index in [2.05, 4.69) is 9.88 Å². The SMILES string of the molecule is CCC(=O)N1CC2CN(CCn3cnc4c3c(=O)n(C)c(=O)n4C)CC2(CO)C1. The summed E-state index contributed by atoms with van der Waals surface area (Å²) in [5, 5.41) is 10.1. The number of aliphatic hydroxyl groups excluding tert-OH is 1. The number of aromatic nitrogens is 4. The third kappa shape index (κ3) is 3.01. The van der Waals surface area contributed by atoms with Gasteiger partial charge in [0.25, 0.3) is 5.56 Å². The van der Waals surface area contributed by atoms with Gasteiger partial charge in [-0.05, 0) is 5.92 Å². The number of aliphatic hydroxyl groups is 1. The second-order valence-corrected chi connectivity index (χ2v) is 8.40. The maximum absolute atomic E-state index is 12.6. The molecule has 2 saturated heterocycles. The molecule has 0 aromatic carbocycles. The predicted octanol–water partition coefficient (Wildman–Crippen LogP) is -1.40. The van der Waals surface area contributed by atoms with Crippen LogP contribution in [0.15, 0.2) is 15.9 Å². The van der Waals surface area contributed by atoms with E-state index in [0.717, 1.165) is 17.7 Å². The monoisotopic (exact) mass is 404 g/mol. The van der Waals surface area contributed by atoms with Crippen LogP contribution in [-0.2, 0) is 25.4 Å². The van der Waals surface area contributed by atoms with E-state index in [1.165, 1.54) is 11.6 Å². The zero-order chi connectivity index (χ0) is 20.9. The van der Waals surface area contributed by atoms with Crippen LogP contribution in [0.2, 0.25) is 0 Å². The standard InChI is InChI=1S/C19H28N6O4/c1-4-14(27)25-8-13-7-23(9-19(13,10-25)11-26)5-6-24-12-20-16-15(24)17(28)22(3)18(29)21(16)2/h12-13,26H,4-11H2,1-3H3. The van der Waals surface area contributed by atoms with Crippen LogP contribution in [0.1, 0.15) is 13.3 Å². The highest BCUT2D eigenvalue weighted by Gasteiger charge is 2.52. The zero-order valence-corrected chi connectivity index (χ0v) is 17.2. The molecule has 10 nitrogen and oxygen atoms in total. The van der Waals surface area contributed by atoms with Gasteiger partial charge in [-0.1, -0.05) is 6.92 Å². The smallest absolute Gasteiger partial charge is 0.332 e. The van der Waals surface area contributed by atoms with E-state index in [-0.39, 0.29) is 29.4 Å². The lowest BCUT2D eigenvalue weighted by molar-refractivity contribution is -0.130. The minimum atomic E-state index is -0.392. The van der Waals surface area contributed by atoms with Crippen molar-refractivity contribution in [1.29, 1.82) is 0 Å². The quantitative estimate of drug-likeness (QED) is 0.657. The van der Waals surface area contributed by atoms with Crippen molar-refractivity contribution in [3.63, 3.8) is 0 Å². The van der Waals surface area contributed by atoms with Crippen LogP contribution in [0.5, 0.6) is 0 Å². The zero-order valence-electron chi connectivity index (χ0n) is 17.2. The van der Waals surface area contributed by atoms with Crippen LogP contribution >= 0.6 is 0 Å². The number of fused-ring (bicyclic) bond motifs is 2. The van der Waals surface area contributed by atoms with Crippen molar-refractivity contribution in [2.45, 2.75) is 19.9 Å². The van der Waals surface area contributed by atoms with Crippen molar-refractivity contribution in [2.75, 3.05) is 39.3 Å². The van der Waals surface area contributed by atoms with E-state index in [4.69, 9.17) is 0 Å². The molecule has 1 N–H and O–H groups in total. The molecule has 10 heteroatoms. The summed E-state index contributed by atoms with van der Waals surface area (Å²) in [6.07, 6.45) is 2.09. The Morgan fingerprint density at radius 2 is 1.97 bits per heavy atom. The summed E-state index contributed by atoms with van der Waals surface area (Å²) in [5.74, 6) is 0.404. The van der Waals surface area contributed by atoms with Crippen LogP contribution in [0, 0.1) is 11.3 Å². The van der Waals surface area contributed by atoms with E-state index in [1.54, 1.807) is 17.9 Å². The second kappa shape index (κ2) is 7.10. The van der Waals surface area contributed by atoms with E-state index in [1.807, 2.05) is 11.8 Å². The Balaban J connectivity index is 1.50. The lowest BCUT2D eigenvalue weighted by atomic mass is 9.82. The molecule has 2 aromatic heterocycles. The van der Waals surface area contributed by atoms with Gasteiger partial charge < -0.3 is 19.5 Å². The molecule has 4 rings (SSSR count). The molecule has 0 saturated carbocycles. The molecule has 0 aliphatic carbocycles. The minimum absolute atomic E-state index is 0.0678. The fourth-order valence-corrected chi connectivity index (χ4v) is 4.91. The maximum atomic E-state index is 12.6. The summed E-state index contributed by atoms with van der Waals surface area (Å²) in [4.78, 5) is 45.1. The van der Waals surface area contributed by atoms with Crippen molar-refractivity contribution in [3.8, 4) is 0 Å².